The average Bonchev–Trinajstić information content (AvgIpc) is 3.18. The average molecular weight is 418 g/mol. The molecule has 116 valence electrons. The number of carboxylic acids is 2. The molecule has 0 saturated heterocycles. The number of nitrogens with zero attached hydrogens (tertiary/aromatic N) is 2. The van der Waals surface area contributed by atoms with Crippen LogP contribution in [0.2, 0.25) is 0 Å². The molecule has 0 saturated carbocycles. The van der Waals surface area contributed by atoms with E-state index in [0.717, 1.165) is 12.2 Å². The van der Waals surface area contributed by atoms with Crippen molar-refractivity contribution in [1.82, 2.24) is 0 Å². The smallest absolute Gasteiger partial charge is 0.549 e. The molecule has 0 bridgehead atoms. The summed E-state index contributed by atoms with van der Waals surface area (Å²) in [5.74, 6) is -2.01. The third-order valence-electron chi connectivity index (χ3n) is 1.63. The molecule has 0 N–H and O–H groups in total. The number of hydrogen-bond donors (Lipinski definition) is 0. The van der Waals surface area contributed by atoms with Crippen LogP contribution in [0.4, 0.5) is 0 Å². The molecule has 0 aliphatic carbocycles. The molecule has 2 heterocycles. The van der Waals surface area contributed by atoms with Gasteiger partial charge in [-0.1, -0.05) is 55.3 Å². The zero-order chi connectivity index (χ0) is 16.8. The van der Waals surface area contributed by atoms with Crippen molar-refractivity contribution < 1.29 is 78.9 Å². The van der Waals surface area contributed by atoms with Crippen molar-refractivity contribution in [2.24, 2.45) is 0 Å². The standard InChI is InChI=1S/C4H2N2.2C4H4O2S2.2Na/c5-3-1-2-4-6;2*5-4(6)3-1-2-7-8-3;;/h1-2H;2*1-3H,(H,5,6);;/q;;;2*+1/p-2. The summed E-state index contributed by atoms with van der Waals surface area (Å²) in [5, 5.41) is 38.1. The van der Waals surface area contributed by atoms with Crippen molar-refractivity contribution in [3.8, 4) is 12.1 Å². The Kier molecular flexibility index (Phi) is 24.3. The second-order valence-corrected chi connectivity index (χ2v) is 7.75. The molecule has 0 spiro atoms. The van der Waals surface area contributed by atoms with Crippen LogP contribution in [0.3, 0.4) is 0 Å². The summed E-state index contributed by atoms with van der Waals surface area (Å²) in [5.41, 5.74) is 0. The van der Waals surface area contributed by atoms with Crippen LogP contribution in [0.25, 0.3) is 0 Å². The molecular weight excluding hydrogens is 410 g/mol. The first-order valence-electron chi connectivity index (χ1n) is 5.36. The molecule has 2 unspecified atom stereocenters. The van der Waals surface area contributed by atoms with E-state index in [0.29, 0.717) is 0 Å². The van der Waals surface area contributed by atoms with Crippen LogP contribution in [0.15, 0.2) is 35.1 Å². The molecular formula is C12H8N2Na2O4S4. The van der Waals surface area contributed by atoms with Gasteiger partial charge >= 0.3 is 59.1 Å². The summed E-state index contributed by atoms with van der Waals surface area (Å²) in [6, 6.07) is 3.33. The number of rotatable bonds is 2. The number of carbonyl (C=O) groups is 2. The van der Waals surface area contributed by atoms with E-state index < -0.39 is 22.4 Å². The van der Waals surface area contributed by atoms with Gasteiger partial charge in [0.2, 0.25) is 0 Å². The normalized spacial score (nSPS) is 19.2. The Morgan fingerprint density at radius 1 is 0.875 bits per heavy atom. The molecule has 12 heteroatoms. The van der Waals surface area contributed by atoms with Gasteiger partial charge in [-0.2, -0.15) is 10.5 Å². The molecule has 0 aromatic carbocycles. The molecule has 0 amide bonds. The van der Waals surface area contributed by atoms with Crippen LogP contribution < -0.4 is 69.3 Å². The van der Waals surface area contributed by atoms with Crippen LogP contribution in [0.5, 0.6) is 0 Å². The van der Waals surface area contributed by atoms with Crippen molar-refractivity contribution in [2.75, 3.05) is 0 Å². The van der Waals surface area contributed by atoms with Gasteiger partial charge in [0, 0.05) is 12.2 Å². The zero-order valence-corrected chi connectivity index (χ0v) is 20.0. The van der Waals surface area contributed by atoms with Gasteiger partial charge in [-0.3, -0.25) is 0 Å². The molecule has 2 rings (SSSR count). The number of carboxylic acid groups (broad SMARTS) is 2. The predicted octanol–water partition coefficient (Wildman–Crippen LogP) is -5.38. The summed E-state index contributed by atoms with van der Waals surface area (Å²) < 4.78 is 0. The minimum atomic E-state index is -1.00. The van der Waals surface area contributed by atoms with Crippen molar-refractivity contribution in [1.29, 1.82) is 10.5 Å². The Balaban J connectivity index is -0.000000268. The third-order valence-corrected chi connectivity index (χ3v) is 6.08. The number of allylic oxidation sites excluding steroid dienone is 2. The van der Waals surface area contributed by atoms with Crippen LogP contribution in [0, 0.1) is 22.7 Å². The Labute approximate surface area is 200 Å². The number of carbonyl (C=O) groups excluding carboxylic acids is 2. The van der Waals surface area contributed by atoms with Crippen LogP contribution >= 0.6 is 43.2 Å². The van der Waals surface area contributed by atoms with Crippen molar-refractivity contribution in [3.05, 3.63) is 35.1 Å². The van der Waals surface area contributed by atoms with E-state index in [1.165, 1.54) is 43.2 Å². The van der Waals surface area contributed by atoms with Gasteiger partial charge in [0.25, 0.3) is 0 Å². The van der Waals surface area contributed by atoms with Gasteiger partial charge in [0.15, 0.2) is 0 Å². The number of hydrogen-bond acceptors (Lipinski definition) is 10. The summed E-state index contributed by atoms with van der Waals surface area (Å²) >= 11 is 0. The van der Waals surface area contributed by atoms with Crippen LogP contribution in [-0.4, -0.2) is 22.4 Å². The predicted molar refractivity (Wildman–Crippen MR) is 86.6 cm³/mol. The monoisotopic (exact) mass is 418 g/mol. The van der Waals surface area contributed by atoms with E-state index >= 15 is 0 Å². The van der Waals surface area contributed by atoms with Gasteiger partial charge in [0.05, 0.1) is 34.6 Å². The molecule has 0 fully saturated rings. The van der Waals surface area contributed by atoms with Crippen LogP contribution in [0.1, 0.15) is 0 Å². The fourth-order valence-electron chi connectivity index (χ4n) is 0.765. The van der Waals surface area contributed by atoms with E-state index in [1.54, 1.807) is 35.1 Å². The Hall–Kier alpha value is 0.540. The molecule has 2 aliphatic rings. The maximum absolute atomic E-state index is 10.0. The Bertz CT molecular complexity index is 510. The van der Waals surface area contributed by atoms with Crippen molar-refractivity contribution >= 4 is 55.1 Å². The minimum Gasteiger partial charge on any atom is -0.549 e. The fourth-order valence-corrected chi connectivity index (χ4v) is 4.56. The van der Waals surface area contributed by atoms with Gasteiger partial charge < -0.3 is 19.8 Å². The van der Waals surface area contributed by atoms with E-state index in [9.17, 15) is 19.8 Å². The molecule has 6 nitrogen and oxygen atoms in total. The molecule has 0 aromatic heterocycles. The second kappa shape index (κ2) is 19.9. The van der Waals surface area contributed by atoms with E-state index in [-0.39, 0.29) is 59.1 Å². The largest absolute Gasteiger partial charge is 1.00 e. The third kappa shape index (κ3) is 16.0. The second-order valence-electron chi connectivity index (χ2n) is 3.11. The van der Waals surface area contributed by atoms with Gasteiger partial charge in [-0.25, -0.2) is 0 Å². The summed E-state index contributed by atoms with van der Waals surface area (Å²) in [7, 11) is 5.44. The Morgan fingerprint density at radius 3 is 1.33 bits per heavy atom. The number of nitriles is 2. The number of aliphatic carboxylic acids is 2. The van der Waals surface area contributed by atoms with Gasteiger partial charge in [-0.05, 0) is 10.8 Å². The van der Waals surface area contributed by atoms with Gasteiger partial charge in [-0.15, -0.1) is 0 Å². The molecule has 0 radical (unpaired) electrons. The Morgan fingerprint density at radius 2 is 1.21 bits per heavy atom. The fraction of sp³-hybridized carbons (Fsp3) is 0.167. The molecule has 24 heavy (non-hydrogen) atoms. The van der Waals surface area contributed by atoms with Crippen molar-refractivity contribution in [3.63, 3.8) is 0 Å². The first kappa shape index (κ1) is 29.3. The van der Waals surface area contributed by atoms with E-state index in [4.69, 9.17) is 10.5 Å². The van der Waals surface area contributed by atoms with E-state index in [2.05, 4.69) is 0 Å². The zero-order valence-electron chi connectivity index (χ0n) is 12.8. The quantitative estimate of drug-likeness (QED) is 0.244. The topological polar surface area (TPSA) is 128 Å². The molecule has 2 aliphatic heterocycles. The summed E-state index contributed by atoms with van der Waals surface area (Å²) in [6.45, 7) is 0. The summed E-state index contributed by atoms with van der Waals surface area (Å²) in [4.78, 5) is 20.0. The van der Waals surface area contributed by atoms with Gasteiger partial charge in [0.1, 0.15) is 0 Å². The SMILES string of the molecule is N#CC=CC#N.O=C([O-])C1C=CSS1.O=C([O-])C1C=CSS1.[Na+].[Na+]. The maximum atomic E-state index is 10.0. The van der Waals surface area contributed by atoms with Crippen molar-refractivity contribution in [2.45, 2.75) is 10.5 Å². The van der Waals surface area contributed by atoms with E-state index in [1.807, 2.05) is 0 Å². The first-order valence-corrected chi connectivity index (χ1v) is 9.91. The first-order chi connectivity index (χ1) is 10.5. The summed E-state index contributed by atoms with van der Waals surface area (Å²) in [6.07, 6.45) is 5.48. The minimum absolute atomic E-state index is 0. The molecule has 0 aromatic rings. The van der Waals surface area contributed by atoms with Crippen LogP contribution in [-0.2, 0) is 9.59 Å². The molecule has 2 atom stereocenters. The maximum Gasteiger partial charge on any atom is 1.00 e.